The number of rotatable bonds is 9. The highest BCUT2D eigenvalue weighted by atomic mass is 35.5. The van der Waals surface area contributed by atoms with Crippen molar-refractivity contribution in [1.29, 1.82) is 0 Å². The van der Waals surface area contributed by atoms with Gasteiger partial charge in [-0.1, -0.05) is 63.6 Å². The van der Waals surface area contributed by atoms with Crippen LogP contribution in [0.5, 0.6) is 5.75 Å². The van der Waals surface area contributed by atoms with E-state index in [-0.39, 0.29) is 0 Å². The van der Waals surface area contributed by atoms with Gasteiger partial charge in [0, 0.05) is 10.6 Å². The van der Waals surface area contributed by atoms with Gasteiger partial charge in [0.25, 0.3) is 0 Å². The molecule has 0 atom stereocenters. The van der Waals surface area contributed by atoms with Crippen molar-refractivity contribution in [2.75, 3.05) is 0 Å². The summed E-state index contributed by atoms with van der Waals surface area (Å²) in [5, 5.41) is 14.6. The van der Waals surface area contributed by atoms with Gasteiger partial charge in [-0.3, -0.25) is 5.14 Å². The molecule has 0 saturated heterocycles. The van der Waals surface area contributed by atoms with Gasteiger partial charge >= 0.3 is 0 Å². The minimum Gasteiger partial charge on any atom is -0.391 e. The molecule has 1 aromatic heterocycles. The van der Waals surface area contributed by atoms with E-state index in [2.05, 4.69) is 14.6 Å². The molecule has 0 spiro atoms. The van der Waals surface area contributed by atoms with Crippen LogP contribution in [0.2, 0.25) is 5.02 Å². The number of aromatic nitrogens is 2. The normalized spacial score (nSPS) is 11.1. The van der Waals surface area contributed by atoms with Crippen molar-refractivity contribution in [2.45, 2.75) is 6.61 Å². The molecular formula is C23H19ClN4O3S. The molecule has 1 heterocycles. The summed E-state index contributed by atoms with van der Waals surface area (Å²) in [4.78, 5) is 10.5. The number of halogens is 1. The zero-order valence-corrected chi connectivity index (χ0v) is 18.4. The molecule has 32 heavy (non-hydrogen) atoms. The van der Waals surface area contributed by atoms with Gasteiger partial charge in [-0.05, 0) is 48.0 Å². The molecule has 7 nitrogen and oxygen atoms in total. The minimum absolute atomic E-state index is 0.382. The molecule has 2 N–H and O–H groups in total. The number of hydrogen-bond acceptors (Lipinski definition) is 7. The highest BCUT2D eigenvalue weighted by Gasteiger charge is 2.12. The highest BCUT2D eigenvalue weighted by molar-refractivity contribution is 7.92. The smallest absolute Gasteiger partial charge is 0.166 e. The van der Waals surface area contributed by atoms with Gasteiger partial charge in [0.2, 0.25) is 0 Å². The summed E-state index contributed by atoms with van der Waals surface area (Å²) < 4.78 is 6.50. The van der Waals surface area contributed by atoms with E-state index in [0.29, 0.717) is 35.3 Å². The largest absolute Gasteiger partial charge is 0.391 e. The lowest BCUT2D eigenvalue weighted by Gasteiger charge is -2.08. The molecule has 0 saturated carbocycles. The second kappa shape index (κ2) is 10.8. The Hall–Kier alpha value is -3.30. The predicted molar refractivity (Wildman–Crippen MR) is 126 cm³/mol. The molecule has 0 amide bonds. The van der Waals surface area contributed by atoms with Crippen LogP contribution >= 0.6 is 23.8 Å². The first-order valence-corrected chi connectivity index (χ1v) is 10.8. The third-order valence-corrected chi connectivity index (χ3v) is 4.85. The van der Waals surface area contributed by atoms with Crippen molar-refractivity contribution in [2.24, 2.45) is 10.3 Å². The van der Waals surface area contributed by atoms with Crippen molar-refractivity contribution in [3.8, 4) is 22.7 Å². The zero-order valence-electron chi connectivity index (χ0n) is 16.8. The molecule has 0 fully saturated rings. The Balaban J connectivity index is 1.58. The molecule has 0 aliphatic carbocycles. The van der Waals surface area contributed by atoms with Crippen LogP contribution in [0.25, 0.3) is 16.9 Å². The van der Waals surface area contributed by atoms with E-state index in [0.717, 1.165) is 22.5 Å². The molecule has 4 aromatic rings. The van der Waals surface area contributed by atoms with Crippen molar-refractivity contribution in [3.05, 3.63) is 101 Å². The fraction of sp³-hybridized carbons (Fsp3) is 0.0435. The number of oxime groups is 1. The first-order chi connectivity index (χ1) is 15.7. The fourth-order valence-electron chi connectivity index (χ4n) is 2.96. The monoisotopic (exact) mass is 466 g/mol. The van der Waals surface area contributed by atoms with E-state index in [1.165, 1.54) is 0 Å². The molecule has 0 aliphatic heterocycles. The summed E-state index contributed by atoms with van der Waals surface area (Å²) in [7, 11) is 0. The first-order valence-electron chi connectivity index (χ1n) is 9.59. The van der Waals surface area contributed by atoms with Crippen LogP contribution in [0.3, 0.4) is 0 Å². The maximum absolute atomic E-state index is 6.06. The third kappa shape index (κ3) is 5.68. The van der Waals surface area contributed by atoms with Gasteiger partial charge in [0.1, 0.15) is 24.5 Å². The zero-order chi connectivity index (χ0) is 22.2. The van der Waals surface area contributed by atoms with Crippen LogP contribution in [-0.2, 0) is 15.8 Å². The van der Waals surface area contributed by atoms with Crippen LogP contribution in [-0.4, -0.2) is 16.0 Å². The maximum Gasteiger partial charge on any atom is 0.166 e. The fourth-order valence-corrected chi connectivity index (χ4v) is 3.21. The summed E-state index contributed by atoms with van der Waals surface area (Å²) >= 11 is 6.69. The molecular weight excluding hydrogens is 448 g/mol. The van der Waals surface area contributed by atoms with Gasteiger partial charge < -0.3 is 9.73 Å². The lowest BCUT2D eigenvalue weighted by molar-refractivity contribution is -0.0777. The highest BCUT2D eigenvalue weighted by Crippen LogP contribution is 2.26. The Morgan fingerprint density at radius 2 is 1.75 bits per heavy atom. The van der Waals surface area contributed by atoms with Crippen LogP contribution in [0, 0.1) is 0 Å². The van der Waals surface area contributed by atoms with E-state index < -0.39 is 0 Å². The Morgan fingerprint density at radius 1 is 1.00 bits per heavy atom. The summed E-state index contributed by atoms with van der Waals surface area (Å²) in [6.07, 6.45) is 1.59. The van der Waals surface area contributed by atoms with Crippen molar-refractivity contribution in [3.63, 3.8) is 0 Å². The van der Waals surface area contributed by atoms with Crippen LogP contribution in [0.1, 0.15) is 11.3 Å². The lowest BCUT2D eigenvalue weighted by Crippen LogP contribution is -2.00. The molecule has 4 rings (SSSR count). The number of benzene rings is 3. The van der Waals surface area contributed by atoms with E-state index in [4.69, 9.17) is 26.5 Å². The van der Waals surface area contributed by atoms with Gasteiger partial charge in [-0.25, -0.2) is 4.68 Å². The topological polar surface area (TPSA) is 83.9 Å². The molecule has 162 valence electrons. The van der Waals surface area contributed by atoms with E-state index in [9.17, 15) is 0 Å². The second-order valence-electron chi connectivity index (χ2n) is 6.61. The number of hydrogen-bond donors (Lipinski definition) is 1. The molecule has 3 aromatic carbocycles. The summed E-state index contributed by atoms with van der Waals surface area (Å²) in [6.45, 7) is 0.382. The Kier molecular flexibility index (Phi) is 7.42. The first kappa shape index (κ1) is 21.9. The quantitative estimate of drug-likeness (QED) is 0.114. The average Bonchev–Trinajstić information content (AvgIpc) is 3.26. The van der Waals surface area contributed by atoms with Crippen LogP contribution in [0.4, 0.5) is 0 Å². The Morgan fingerprint density at radius 3 is 2.47 bits per heavy atom. The van der Waals surface area contributed by atoms with Crippen LogP contribution < -0.4 is 10.0 Å². The average molecular weight is 467 g/mol. The van der Waals surface area contributed by atoms with Crippen molar-refractivity contribution >= 4 is 30.0 Å². The molecule has 0 bridgehead atoms. The number of nitrogens with zero attached hydrogens (tertiary/aromatic N) is 3. The van der Waals surface area contributed by atoms with Gasteiger partial charge in [-0.2, -0.15) is 5.10 Å². The molecule has 0 radical (unpaired) electrons. The number of nitrogens with two attached hydrogens (primary N) is 1. The Labute approximate surface area is 194 Å². The summed E-state index contributed by atoms with van der Waals surface area (Å²) in [6, 6.07) is 26.5. The van der Waals surface area contributed by atoms with Gasteiger partial charge in [-0.15, -0.1) is 0 Å². The van der Waals surface area contributed by atoms with Crippen LogP contribution in [0.15, 0.2) is 90.1 Å². The van der Waals surface area contributed by atoms with Crippen molar-refractivity contribution in [1.82, 2.24) is 9.78 Å². The lowest BCUT2D eigenvalue weighted by atomic mass is 10.1. The van der Waals surface area contributed by atoms with Gasteiger partial charge in [0.05, 0.1) is 17.6 Å². The summed E-state index contributed by atoms with van der Waals surface area (Å²) in [5.74, 6) is 0.517. The Bertz CT molecular complexity index is 1170. The SMILES string of the molecule is NSOOc1ccc(-n2nc(C=NOCc3ccccc3)cc2-c2ccc(Cl)cc2)cc1. The summed E-state index contributed by atoms with van der Waals surface area (Å²) in [5.41, 5.74) is 4.33. The molecule has 0 aliphatic rings. The maximum atomic E-state index is 6.06. The van der Waals surface area contributed by atoms with E-state index >= 15 is 0 Å². The third-order valence-electron chi connectivity index (χ3n) is 4.45. The predicted octanol–water partition coefficient (Wildman–Crippen LogP) is 5.58. The van der Waals surface area contributed by atoms with E-state index in [1.54, 1.807) is 18.3 Å². The minimum atomic E-state index is 0.382. The molecule has 0 unspecified atom stereocenters. The standard InChI is InChI=1S/C23H19ClN4O3S/c24-19-8-6-18(7-9-19)23-14-20(15-26-29-16-17-4-2-1-3-5-17)27-28(23)21-10-12-22(13-11-21)30-31-32-25/h1-15H,16,25H2. The second-order valence-corrected chi connectivity index (χ2v) is 7.37. The van der Waals surface area contributed by atoms with Gasteiger partial charge in [0.15, 0.2) is 5.75 Å². The van der Waals surface area contributed by atoms with Crippen molar-refractivity contribution < 1.29 is 14.1 Å². The van der Waals surface area contributed by atoms with E-state index in [1.807, 2.05) is 77.5 Å². The molecule has 9 heteroatoms.